The minimum absolute atomic E-state index is 0.117. The molecule has 0 bridgehead atoms. The summed E-state index contributed by atoms with van der Waals surface area (Å²) >= 11 is 0. The van der Waals surface area contributed by atoms with Gasteiger partial charge in [0.05, 0.1) is 12.5 Å². The number of Topliss-reactive ketones (excluding diaryl/α,β-unsaturated/α-hetero) is 2. The second-order valence-electron chi connectivity index (χ2n) is 7.55. The Morgan fingerprint density at radius 3 is 2.21 bits per heavy atom. The largest absolute Gasteiger partial charge is 0.469 e. The van der Waals surface area contributed by atoms with Crippen LogP contribution in [-0.2, 0) is 9.59 Å². The van der Waals surface area contributed by atoms with Crippen molar-refractivity contribution in [1.82, 2.24) is 0 Å². The first-order valence-corrected chi connectivity index (χ1v) is 8.48. The third kappa shape index (κ3) is 2.64. The molecular weight excluding hydrogens is 304 g/mol. The van der Waals surface area contributed by atoms with E-state index in [0.717, 1.165) is 0 Å². The Kier molecular flexibility index (Phi) is 4.24. The summed E-state index contributed by atoms with van der Waals surface area (Å²) in [7, 11) is 0. The maximum Gasteiger partial charge on any atom is 0.140 e. The zero-order valence-corrected chi connectivity index (χ0v) is 14.6. The molecule has 3 atom stereocenters. The molecule has 2 aromatic heterocycles. The molecule has 0 radical (unpaired) electrons. The van der Waals surface area contributed by atoms with E-state index in [1.807, 2.05) is 45.9 Å². The van der Waals surface area contributed by atoms with Gasteiger partial charge in [0, 0.05) is 35.5 Å². The highest BCUT2D eigenvalue weighted by Crippen LogP contribution is 2.54. The molecule has 1 fully saturated rings. The second kappa shape index (κ2) is 6.08. The Balaban J connectivity index is 2.15. The van der Waals surface area contributed by atoms with Crippen LogP contribution < -0.4 is 0 Å². The predicted octanol–water partition coefficient (Wildman–Crippen LogP) is 4.58. The van der Waals surface area contributed by atoms with Crippen LogP contribution in [0.2, 0.25) is 0 Å². The van der Waals surface area contributed by atoms with Gasteiger partial charge in [-0.3, -0.25) is 9.59 Å². The van der Waals surface area contributed by atoms with Gasteiger partial charge in [0.25, 0.3) is 0 Å². The molecule has 2 heterocycles. The van der Waals surface area contributed by atoms with E-state index in [-0.39, 0.29) is 35.2 Å². The Labute approximate surface area is 142 Å². The molecular formula is C20H24O4. The van der Waals surface area contributed by atoms with Crippen LogP contribution in [0.4, 0.5) is 0 Å². The number of hydrogen-bond donors (Lipinski definition) is 0. The maximum atomic E-state index is 13.1. The van der Waals surface area contributed by atoms with Crippen LogP contribution in [0.5, 0.6) is 0 Å². The lowest BCUT2D eigenvalue weighted by molar-refractivity contribution is -0.140. The first-order chi connectivity index (χ1) is 11.3. The Bertz CT molecular complexity index is 707. The molecule has 4 nitrogen and oxygen atoms in total. The zero-order valence-electron chi connectivity index (χ0n) is 14.6. The molecule has 0 N–H and O–H groups in total. The fourth-order valence-electron chi connectivity index (χ4n) is 3.97. The van der Waals surface area contributed by atoms with Crippen LogP contribution in [0.3, 0.4) is 0 Å². The molecule has 2 aromatic rings. The fourth-order valence-corrected chi connectivity index (χ4v) is 3.97. The summed E-state index contributed by atoms with van der Waals surface area (Å²) < 4.78 is 11.2. The van der Waals surface area contributed by atoms with Gasteiger partial charge in [-0.15, -0.1) is 0 Å². The molecule has 1 aliphatic carbocycles. The summed E-state index contributed by atoms with van der Waals surface area (Å²) in [5.74, 6) is 0.697. The molecule has 1 aliphatic rings. The summed E-state index contributed by atoms with van der Waals surface area (Å²) in [6.07, 6.45) is 3.52. The van der Waals surface area contributed by atoms with Crippen molar-refractivity contribution in [3.63, 3.8) is 0 Å². The van der Waals surface area contributed by atoms with E-state index in [0.29, 0.717) is 17.9 Å². The van der Waals surface area contributed by atoms with Crippen LogP contribution in [0.25, 0.3) is 0 Å². The summed E-state index contributed by atoms with van der Waals surface area (Å²) in [6.45, 7) is 7.65. The third-order valence-electron chi connectivity index (χ3n) is 5.35. The smallest absolute Gasteiger partial charge is 0.140 e. The molecule has 3 unspecified atom stereocenters. The second-order valence-corrected chi connectivity index (χ2v) is 7.55. The Morgan fingerprint density at radius 1 is 1.12 bits per heavy atom. The topological polar surface area (TPSA) is 60.4 Å². The molecule has 4 heteroatoms. The van der Waals surface area contributed by atoms with Crippen LogP contribution >= 0.6 is 0 Å². The zero-order chi connectivity index (χ0) is 17.5. The van der Waals surface area contributed by atoms with E-state index < -0.39 is 5.41 Å². The molecule has 24 heavy (non-hydrogen) atoms. The number of carbonyl (C=O) groups excluding carboxylic acids is 2. The molecule has 0 aliphatic heterocycles. The van der Waals surface area contributed by atoms with E-state index in [4.69, 9.17) is 8.83 Å². The Hall–Kier alpha value is -2.10. The number of furan rings is 2. The molecule has 0 spiro atoms. The average molecular weight is 328 g/mol. The van der Waals surface area contributed by atoms with Crippen molar-refractivity contribution in [3.05, 3.63) is 48.3 Å². The quantitative estimate of drug-likeness (QED) is 0.824. The van der Waals surface area contributed by atoms with Crippen molar-refractivity contribution in [1.29, 1.82) is 0 Å². The predicted molar refractivity (Wildman–Crippen MR) is 89.6 cm³/mol. The van der Waals surface area contributed by atoms with E-state index in [9.17, 15) is 9.59 Å². The lowest BCUT2D eigenvalue weighted by Gasteiger charge is -2.45. The van der Waals surface area contributed by atoms with Crippen LogP contribution in [-0.4, -0.2) is 11.6 Å². The van der Waals surface area contributed by atoms with Crippen molar-refractivity contribution in [3.8, 4) is 0 Å². The first-order valence-electron chi connectivity index (χ1n) is 8.48. The van der Waals surface area contributed by atoms with Crippen molar-refractivity contribution < 1.29 is 18.4 Å². The molecule has 128 valence electrons. The van der Waals surface area contributed by atoms with E-state index in [1.165, 1.54) is 0 Å². The molecule has 0 amide bonds. The minimum atomic E-state index is -0.657. The molecule has 1 saturated carbocycles. The van der Waals surface area contributed by atoms with E-state index in [2.05, 4.69) is 0 Å². The summed E-state index contributed by atoms with van der Waals surface area (Å²) in [6, 6.07) is 7.34. The number of carbonyl (C=O) groups is 2. The van der Waals surface area contributed by atoms with Gasteiger partial charge in [0.1, 0.15) is 23.1 Å². The van der Waals surface area contributed by atoms with Gasteiger partial charge in [0.15, 0.2) is 0 Å². The maximum absolute atomic E-state index is 13.1. The van der Waals surface area contributed by atoms with Gasteiger partial charge < -0.3 is 8.83 Å². The standard InChI is InChI=1S/C20H24O4/c1-12(2)19(22)17-13(14-7-5-9-23-14)11-16(21)20(3,4)18(17)15-8-6-10-24-15/h5-10,12-13,17-18H,11H2,1-4H3. The van der Waals surface area contributed by atoms with Crippen molar-refractivity contribution in [2.24, 2.45) is 17.3 Å². The molecule has 3 rings (SSSR count). The number of ketones is 2. The minimum Gasteiger partial charge on any atom is -0.469 e. The first kappa shape index (κ1) is 16.7. The van der Waals surface area contributed by atoms with Crippen LogP contribution in [0.1, 0.15) is 57.5 Å². The summed E-state index contributed by atoms with van der Waals surface area (Å²) in [5, 5.41) is 0. The summed E-state index contributed by atoms with van der Waals surface area (Å²) in [4.78, 5) is 26.0. The SMILES string of the molecule is CC(C)C(=O)C1C(c2ccco2)CC(=O)C(C)(C)C1c1ccco1. The van der Waals surface area contributed by atoms with Crippen molar-refractivity contribution in [2.75, 3.05) is 0 Å². The fraction of sp³-hybridized carbons (Fsp3) is 0.500. The van der Waals surface area contributed by atoms with Crippen LogP contribution in [0, 0.1) is 17.3 Å². The highest BCUT2D eigenvalue weighted by Gasteiger charge is 2.54. The van der Waals surface area contributed by atoms with Crippen molar-refractivity contribution in [2.45, 2.75) is 46.0 Å². The van der Waals surface area contributed by atoms with Gasteiger partial charge >= 0.3 is 0 Å². The highest BCUT2D eigenvalue weighted by atomic mass is 16.3. The average Bonchev–Trinajstić information content (AvgIpc) is 3.21. The monoisotopic (exact) mass is 328 g/mol. The van der Waals surface area contributed by atoms with Crippen LogP contribution in [0.15, 0.2) is 45.6 Å². The Morgan fingerprint density at radius 2 is 1.71 bits per heavy atom. The van der Waals surface area contributed by atoms with Gasteiger partial charge in [-0.1, -0.05) is 27.7 Å². The molecule has 0 saturated heterocycles. The van der Waals surface area contributed by atoms with Gasteiger partial charge in [-0.25, -0.2) is 0 Å². The van der Waals surface area contributed by atoms with Gasteiger partial charge in [-0.2, -0.15) is 0 Å². The number of rotatable bonds is 4. The van der Waals surface area contributed by atoms with E-state index in [1.54, 1.807) is 18.6 Å². The highest BCUT2D eigenvalue weighted by molar-refractivity contribution is 5.93. The normalized spacial score (nSPS) is 26.7. The van der Waals surface area contributed by atoms with Gasteiger partial charge in [-0.05, 0) is 24.3 Å². The lowest BCUT2D eigenvalue weighted by Crippen LogP contribution is -2.47. The lowest BCUT2D eigenvalue weighted by atomic mass is 9.56. The number of hydrogen-bond acceptors (Lipinski definition) is 4. The van der Waals surface area contributed by atoms with Gasteiger partial charge in [0.2, 0.25) is 0 Å². The van der Waals surface area contributed by atoms with Crippen molar-refractivity contribution >= 4 is 11.6 Å². The summed E-state index contributed by atoms with van der Waals surface area (Å²) in [5.41, 5.74) is -0.657. The third-order valence-corrected chi connectivity index (χ3v) is 5.35. The molecule has 0 aromatic carbocycles. The van der Waals surface area contributed by atoms with E-state index >= 15 is 0 Å².